The summed E-state index contributed by atoms with van der Waals surface area (Å²) in [5, 5.41) is 12.6. The highest BCUT2D eigenvalue weighted by Crippen LogP contribution is 2.31. The Morgan fingerprint density at radius 2 is 1.96 bits per heavy atom. The van der Waals surface area contributed by atoms with Crippen LogP contribution < -0.4 is 5.32 Å². The Labute approximate surface area is 142 Å². The molecule has 0 amide bonds. The predicted octanol–water partition coefficient (Wildman–Crippen LogP) is -0.475. The van der Waals surface area contributed by atoms with Crippen molar-refractivity contribution in [2.45, 2.75) is 62.4 Å². The Morgan fingerprint density at radius 1 is 1.29 bits per heavy atom. The minimum Gasteiger partial charge on any atom is -0.384 e. The third-order valence-electron chi connectivity index (χ3n) is 4.32. The maximum Gasteiger partial charge on any atom is 0.297 e. The Kier molecular flexibility index (Phi) is 4.96. The molecule has 134 valence electrons. The van der Waals surface area contributed by atoms with Crippen LogP contribution in [0.2, 0.25) is 0 Å². The van der Waals surface area contributed by atoms with Crippen molar-refractivity contribution in [2.24, 2.45) is 0 Å². The lowest BCUT2D eigenvalue weighted by Gasteiger charge is -2.36. The summed E-state index contributed by atoms with van der Waals surface area (Å²) in [6, 6.07) is 6.25. The molecule has 3 N–H and O–H groups in total. The highest BCUT2D eigenvalue weighted by atomic mass is 32.2. The van der Waals surface area contributed by atoms with E-state index in [0.29, 0.717) is 6.61 Å². The number of aliphatic hydroxyl groups is 1. The van der Waals surface area contributed by atoms with Crippen LogP contribution in [0.15, 0.2) is 29.2 Å². The topological polar surface area (TPSA) is 98.7 Å². The van der Waals surface area contributed by atoms with Crippen LogP contribution in [0.25, 0.3) is 0 Å². The zero-order chi connectivity index (χ0) is 17.5. The first-order chi connectivity index (χ1) is 11.3. The second kappa shape index (κ2) is 6.70. The zero-order valence-electron chi connectivity index (χ0n) is 14.0. The molecule has 5 atom stereocenters. The van der Waals surface area contributed by atoms with E-state index in [0.717, 1.165) is 5.56 Å². The predicted molar refractivity (Wildman–Crippen MR) is 84.7 cm³/mol. The Balaban J connectivity index is 1.81. The number of rotatable bonds is 5. The van der Waals surface area contributed by atoms with Gasteiger partial charge >= 0.3 is 0 Å². The van der Waals surface area contributed by atoms with Crippen molar-refractivity contribution < 1.29 is 32.5 Å². The van der Waals surface area contributed by atoms with Crippen LogP contribution in [-0.4, -0.2) is 56.8 Å². The van der Waals surface area contributed by atoms with E-state index >= 15 is 0 Å². The van der Waals surface area contributed by atoms with Gasteiger partial charge in [0, 0.05) is 0 Å². The van der Waals surface area contributed by atoms with Gasteiger partial charge in [-0.1, -0.05) is 17.7 Å². The molecule has 0 saturated carbocycles. The molecule has 7 nitrogen and oxygen atoms in total. The molecular formula is C16H24NO6S+. The fourth-order valence-electron chi connectivity index (χ4n) is 3.11. The summed E-state index contributed by atoms with van der Waals surface area (Å²) < 4.78 is 41.5. The Bertz CT molecular complexity index is 674. The van der Waals surface area contributed by atoms with E-state index in [1.807, 2.05) is 26.1 Å². The molecule has 2 fully saturated rings. The number of nitrogens with two attached hydrogens (primary N) is 1. The second-order valence-corrected chi connectivity index (χ2v) is 8.28. The number of hydrogen-bond donors (Lipinski definition) is 2. The Morgan fingerprint density at radius 3 is 2.58 bits per heavy atom. The van der Waals surface area contributed by atoms with Crippen LogP contribution in [0.1, 0.15) is 19.4 Å². The van der Waals surface area contributed by atoms with Crippen molar-refractivity contribution in [3.8, 4) is 0 Å². The molecule has 0 unspecified atom stereocenters. The van der Waals surface area contributed by atoms with E-state index in [-0.39, 0.29) is 23.1 Å². The SMILES string of the molecule is Cc1ccc(S(=O)(=O)O[C@@H]2[C@@H]3OC[C@@H](O3)[C@H]([NH2+]C(C)C)[C@@H]2O)cc1. The van der Waals surface area contributed by atoms with Gasteiger partial charge in [0.15, 0.2) is 12.4 Å². The van der Waals surface area contributed by atoms with Gasteiger partial charge in [0.05, 0.1) is 17.5 Å². The third-order valence-corrected chi connectivity index (χ3v) is 5.64. The molecule has 3 rings (SSSR count). The van der Waals surface area contributed by atoms with Gasteiger partial charge in [-0.05, 0) is 32.9 Å². The first-order valence-corrected chi connectivity index (χ1v) is 9.49. The second-order valence-electron chi connectivity index (χ2n) is 6.71. The maximum atomic E-state index is 12.5. The molecule has 24 heavy (non-hydrogen) atoms. The van der Waals surface area contributed by atoms with E-state index in [9.17, 15) is 13.5 Å². The molecule has 0 radical (unpaired) electrons. The quantitative estimate of drug-likeness (QED) is 0.690. The number of fused-ring (bicyclic) bond motifs is 2. The molecule has 0 spiro atoms. The lowest BCUT2D eigenvalue weighted by Crippen LogP contribution is -2.99. The van der Waals surface area contributed by atoms with Crippen LogP contribution in [0, 0.1) is 6.92 Å². The van der Waals surface area contributed by atoms with E-state index in [4.69, 9.17) is 13.7 Å². The Hall–Kier alpha value is -1.03. The van der Waals surface area contributed by atoms with Crippen LogP contribution in [0.3, 0.4) is 0 Å². The molecule has 1 aromatic carbocycles. The highest BCUT2D eigenvalue weighted by molar-refractivity contribution is 7.86. The summed E-state index contributed by atoms with van der Waals surface area (Å²) in [6.07, 6.45) is -3.23. The van der Waals surface area contributed by atoms with Gasteiger partial charge in [-0.15, -0.1) is 0 Å². The summed E-state index contributed by atoms with van der Waals surface area (Å²) in [7, 11) is -4.02. The number of quaternary nitrogens is 1. The smallest absolute Gasteiger partial charge is 0.297 e. The molecule has 2 saturated heterocycles. The third kappa shape index (κ3) is 3.49. The summed E-state index contributed by atoms with van der Waals surface area (Å²) in [4.78, 5) is 0.0461. The molecule has 1 aromatic rings. The lowest BCUT2D eigenvalue weighted by atomic mass is 9.97. The fraction of sp³-hybridized carbons (Fsp3) is 0.625. The van der Waals surface area contributed by atoms with Gasteiger partial charge in [-0.3, -0.25) is 4.18 Å². The van der Waals surface area contributed by atoms with Crippen molar-refractivity contribution in [3.63, 3.8) is 0 Å². The minimum atomic E-state index is -4.02. The standard InChI is InChI=1S/C16H23NO6S/c1-9(2)17-13-12-8-21-16(22-12)15(14(13)18)23-24(19,20)11-6-4-10(3)5-7-11/h4-7,9,12-18H,8H2,1-3H3/p+1/t12-,13+,14+,15+,16-/m1/s1. The van der Waals surface area contributed by atoms with E-state index in [2.05, 4.69) is 0 Å². The van der Waals surface area contributed by atoms with Crippen LogP contribution in [0.5, 0.6) is 0 Å². The summed E-state index contributed by atoms with van der Waals surface area (Å²) in [5.41, 5.74) is 0.948. The summed E-state index contributed by atoms with van der Waals surface area (Å²) in [5.74, 6) is 0. The number of hydrogen-bond acceptors (Lipinski definition) is 6. The van der Waals surface area contributed by atoms with Gasteiger partial charge in [-0.25, -0.2) is 0 Å². The number of aliphatic hydroxyl groups excluding tert-OH is 1. The van der Waals surface area contributed by atoms with Gasteiger partial charge in [0.25, 0.3) is 10.1 Å². The molecule has 2 aliphatic heterocycles. The van der Waals surface area contributed by atoms with Crippen molar-refractivity contribution in [3.05, 3.63) is 29.8 Å². The van der Waals surface area contributed by atoms with Gasteiger partial charge in [-0.2, -0.15) is 8.42 Å². The van der Waals surface area contributed by atoms with Crippen LogP contribution in [-0.2, 0) is 23.8 Å². The number of ether oxygens (including phenoxy) is 2. The first-order valence-electron chi connectivity index (χ1n) is 8.08. The maximum absolute atomic E-state index is 12.5. The molecular weight excluding hydrogens is 334 g/mol. The minimum absolute atomic E-state index is 0.0461. The molecule has 0 aliphatic carbocycles. The molecule has 0 aromatic heterocycles. The average molecular weight is 358 g/mol. The van der Waals surface area contributed by atoms with Crippen molar-refractivity contribution >= 4 is 10.1 Å². The van der Waals surface area contributed by atoms with Crippen LogP contribution >= 0.6 is 0 Å². The fourth-order valence-corrected chi connectivity index (χ4v) is 4.18. The summed E-state index contributed by atoms with van der Waals surface area (Å²) in [6.45, 7) is 6.18. The van der Waals surface area contributed by atoms with Gasteiger partial charge in [0.1, 0.15) is 18.2 Å². The molecule has 2 heterocycles. The average Bonchev–Trinajstić information content (AvgIpc) is 2.95. The summed E-state index contributed by atoms with van der Waals surface area (Å²) >= 11 is 0. The van der Waals surface area contributed by atoms with E-state index in [1.165, 1.54) is 12.1 Å². The lowest BCUT2D eigenvalue weighted by molar-refractivity contribution is -0.732. The number of aryl methyl sites for hydroxylation is 1. The van der Waals surface area contributed by atoms with Crippen molar-refractivity contribution in [1.82, 2.24) is 0 Å². The first kappa shape index (κ1) is 17.8. The van der Waals surface area contributed by atoms with Crippen molar-refractivity contribution in [1.29, 1.82) is 0 Å². The van der Waals surface area contributed by atoms with Crippen molar-refractivity contribution in [2.75, 3.05) is 6.61 Å². The van der Waals surface area contributed by atoms with E-state index < -0.39 is 28.6 Å². The van der Waals surface area contributed by atoms with Gasteiger partial charge < -0.3 is 19.9 Å². The van der Waals surface area contributed by atoms with Crippen LogP contribution in [0.4, 0.5) is 0 Å². The largest absolute Gasteiger partial charge is 0.384 e. The molecule has 2 aliphatic rings. The monoisotopic (exact) mass is 358 g/mol. The zero-order valence-corrected chi connectivity index (χ0v) is 14.8. The highest BCUT2D eigenvalue weighted by Gasteiger charge is 2.54. The van der Waals surface area contributed by atoms with Gasteiger partial charge in [0.2, 0.25) is 0 Å². The molecule has 8 heteroatoms. The molecule has 2 bridgehead atoms. The number of benzene rings is 1. The normalized spacial score (nSPS) is 33.1. The van der Waals surface area contributed by atoms with E-state index in [1.54, 1.807) is 12.1 Å².